The van der Waals surface area contributed by atoms with Gasteiger partial charge in [0.05, 0.1) is 23.0 Å². The maximum atomic E-state index is 14.4. The zero-order chi connectivity index (χ0) is 23.2. The molecule has 3 aromatic heterocycles. The molecule has 0 radical (unpaired) electrons. The van der Waals surface area contributed by atoms with Crippen molar-refractivity contribution in [3.8, 4) is 17.4 Å². The quantitative estimate of drug-likeness (QED) is 0.364. The lowest BCUT2D eigenvalue weighted by atomic mass is 10.0. The van der Waals surface area contributed by atoms with Gasteiger partial charge in [-0.05, 0) is 52.7 Å². The van der Waals surface area contributed by atoms with Gasteiger partial charge in [-0.25, -0.2) is 24.2 Å². The number of halogens is 4. The molecule has 0 atom stereocenters. The number of esters is 1. The lowest BCUT2D eigenvalue weighted by Gasteiger charge is -2.15. The van der Waals surface area contributed by atoms with Gasteiger partial charge in [-0.3, -0.25) is 0 Å². The van der Waals surface area contributed by atoms with Crippen LogP contribution in [0.2, 0.25) is 5.02 Å². The number of pyridine rings is 1. The third-order valence-electron chi connectivity index (χ3n) is 4.57. The van der Waals surface area contributed by atoms with E-state index in [1.165, 1.54) is 23.9 Å². The summed E-state index contributed by atoms with van der Waals surface area (Å²) in [5.41, 5.74) is -1.02. The van der Waals surface area contributed by atoms with Crippen molar-refractivity contribution in [1.29, 1.82) is 0 Å². The van der Waals surface area contributed by atoms with Crippen molar-refractivity contribution in [2.45, 2.75) is 12.8 Å². The molecule has 1 aromatic carbocycles. The molecule has 4 aromatic rings. The average Bonchev–Trinajstić information content (AvgIpc) is 3.15. The zero-order valence-electron chi connectivity index (χ0n) is 16.4. The second-order valence-corrected chi connectivity index (χ2v) is 7.85. The molecule has 4 rings (SSSR count). The molecule has 3 heterocycles. The normalized spacial score (nSPS) is 11.7. The van der Waals surface area contributed by atoms with Crippen LogP contribution in [0.1, 0.15) is 11.1 Å². The standard InChI is InChI=1S/C20H12BrClF2N4O4/c1-9-6-10(20(23,24)19(30)31-2)7-11-15(9)26-17(32-18(11)29)13-8-14(21)27-28(13)16-12(22)4-3-5-25-16/h3-8H,1-2H3. The third-order valence-corrected chi connectivity index (χ3v) is 5.25. The van der Waals surface area contributed by atoms with E-state index in [9.17, 15) is 18.4 Å². The summed E-state index contributed by atoms with van der Waals surface area (Å²) in [5.74, 6) is -5.55. The van der Waals surface area contributed by atoms with Gasteiger partial charge < -0.3 is 9.15 Å². The molecule has 0 unspecified atom stereocenters. The number of benzene rings is 1. The molecule has 0 saturated heterocycles. The van der Waals surface area contributed by atoms with Crippen molar-refractivity contribution in [3.63, 3.8) is 0 Å². The summed E-state index contributed by atoms with van der Waals surface area (Å²) >= 11 is 9.48. The van der Waals surface area contributed by atoms with E-state index in [2.05, 4.69) is 35.7 Å². The summed E-state index contributed by atoms with van der Waals surface area (Å²) in [6, 6.07) is 6.73. The van der Waals surface area contributed by atoms with Crippen molar-refractivity contribution in [2.24, 2.45) is 0 Å². The van der Waals surface area contributed by atoms with Crippen molar-refractivity contribution in [3.05, 3.63) is 67.7 Å². The first-order chi connectivity index (χ1) is 15.1. The topological polar surface area (TPSA) is 100 Å². The molecule has 0 saturated carbocycles. The van der Waals surface area contributed by atoms with Gasteiger partial charge in [-0.1, -0.05) is 11.6 Å². The van der Waals surface area contributed by atoms with E-state index in [0.29, 0.717) is 9.63 Å². The molecule has 0 N–H and O–H groups in total. The van der Waals surface area contributed by atoms with Crippen LogP contribution in [0, 0.1) is 6.92 Å². The molecular weight excluding hydrogens is 514 g/mol. The van der Waals surface area contributed by atoms with Gasteiger partial charge in [0, 0.05) is 17.8 Å². The van der Waals surface area contributed by atoms with E-state index in [4.69, 9.17) is 16.0 Å². The number of aromatic nitrogens is 4. The molecule has 0 aliphatic carbocycles. The number of nitrogens with zero attached hydrogens (tertiary/aromatic N) is 4. The Labute approximate surface area is 191 Å². The summed E-state index contributed by atoms with van der Waals surface area (Å²) in [6.07, 6.45) is 1.51. The summed E-state index contributed by atoms with van der Waals surface area (Å²) in [5, 5.41) is 4.33. The molecule has 32 heavy (non-hydrogen) atoms. The van der Waals surface area contributed by atoms with Crippen LogP contribution in [0.15, 0.2) is 50.3 Å². The Balaban J connectivity index is 1.93. The van der Waals surface area contributed by atoms with Gasteiger partial charge in [0.1, 0.15) is 10.3 Å². The fourth-order valence-corrected chi connectivity index (χ4v) is 3.66. The molecule has 12 heteroatoms. The number of fused-ring (bicyclic) bond motifs is 1. The Kier molecular flexibility index (Phi) is 5.55. The smallest absolute Gasteiger partial charge is 0.381 e. The Bertz CT molecular complexity index is 1440. The third kappa shape index (κ3) is 3.67. The summed E-state index contributed by atoms with van der Waals surface area (Å²) in [7, 11) is 0.849. The van der Waals surface area contributed by atoms with Crippen molar-refractivity contribution < 1.29 is 22.7 Å². The summed E-state index contributed by atoms with van der Waals surface area (Å²) in [4.78, 5) is 32.7. The zero-order valence-corrected chi connectivity index (χ0v) is 18.7. The summed E-state index contributed by atoms with van der Waals surface area (Å²) in [6.45, 7) is 1.48. The lowest BCUT2D eigenvalue weighted by molar-refractivity contribution is -0.170. The number of hydrogen-bond acceptors (Lipinski definition) is 7. The summed E-state index contributed by atoms with van der Waals surface area (Å²) < 4.78 is 39.9. The van der Waals surface area contributed by atoms with Gasteiger partial charge in [-0.2, -0.15) is 13.9 Å². The first-order valence-electron chi connectivity index (χ1n) is 8.92. The highest BCUT2D eigenvalue weighted by atomic mass is 79.9. The SMILES string of the molecule is COC(=O)C(F)(F)c1cc(C)c2nc(-c3cc(Br)nn3-c3ncccc3Cl)oc(=O)c2c1. The van der Waals surface area contributed by atoms with Gasteiger partial charge in [0.2, 0.25) is 5.89 Å². The fourth-order valence-electron chi connectivity index (χ4n) is 3.09. The molecule has 0 spiro atoms. The number of carbonyl (C=O) groups excluding carboxylic acids is 1. The minimum Gasteiger partial charge on any atom is -0.464 e. The van der Waals surface area contributed by atoms with Crippen molar-refractivity contribution in [1.82, 2.24) is 19.7 Å². The Morgan fingerprint density at radius 3 is 2.75 bits per heavy atom. The number of hydrogen-bond donors (Lipinski definition) is 0. The minimum atomic E-state index is -3.95. The fraction of sp³-hybridized carbons (Fsp3) is 0.150. The number of aryl methyl sites for hydroxylation is 1. The number of carbonyl (C=O) groups is 1. The Morgan fingerprint density at radius 2 is 2.06 bits per heavy atom. The number of alkyl halides is 2. The van der Waals surface area contributed by atoms with Crippen LogP contribution in [-0.4, -0.2) is 32.8 Å². The first-order valence-corrected chi connectivity index (χ1v) is 10.1. The number of ether oxygens (including phenoxy) is 1. The highest BCUT2D eigenvalue weighted by molar-refractivity contribution is 9.10. The van der Waals surface area contributed by atoms with Crippen LogP contribution < -0.4 is 5.63 Å². The molecular formula is C20H12BrClF2N4O4. The molecule has 164 valence electrons. The van der Waals surface area contributed by atoms with Gasteiger partial charge >= 0.3 is 17.5 Å². The van der Waals surface area contributed by atoms with E-state index < -0.39 is 23.1 Å². The van der Waals surface area contributed by atoms with Crippen LogP contribution in [0.3, 0.4) is 0 Å². The molecule has 8 nitrogen and oxygen atoms in total. The van der Waals surface area contributed by atoms with Gasteiger partial charge in [-0.15, -0.1) is 0 Å². The molecule has 0 aliphatic rings. The lowest BCUT2D eigenvalue weighted by Crippen LogP contribution is -2.27. The highest BCUT2D eigenvalue weighted by Gasteiger charge is 2.43. The van der Waals surface area contributed by atoms with E-state index in [-0.39, 0.29) is 33.9 Å². The second-order valence-electron chi connectivity index (χ2n) is 6.63. The van der Waals surface area contributed by atoms with E-state index in [1.54, 1.807) is 12.1 Å². The molecule has 0 bridgehead atoms. The van der Waals surface area contributed by atoms with Crippen LogP contribution in [0.5, 0.6) is 0 Å². The molecule has 0 aliphatic heterocycles. The van der Waals surface area contributed by atoms with Crippen LogP contribution in [0.25, 0.3) is 28.3 Å². The van der Waals surface area contributed by atoms with Gasteiger partial charge in [0.25, 0.3) is 0 Å². The Hall–Kier alpha value is -3.18. The monoisotopic (exact) mass is 524 g/mol. The maximum Gasteiger partial charge on any atom is 0.381 e. The highest BCUT2D eigenvalue weighted by Crippen LogP contribution is 2.33. The van der Waals surface area contributed by atoms with Gasteiger partial charge in [0.15, 0.2) is 5.82 Å². The first kappa shape index (κ1) is 22.0. The predicted molar refractivity (Wildman–Crippen MR) is 114 cm³/mol. The van der Waals surface area contributed by atoms with Crippen molar-refractivity contribution in [2.75, 3.05) is 7.11 Å². The van der Waals surface area contributed by atoms with Crippen LogP contribution in [-0.2, 0) is 15.5 Å². The van der Waals surface area contributed by atoms with Crippen LogP contribution in [0.4, 0.5) is 8.78 Å². The average molecular weight is 526 g/mol. The number of rotatable bonds is 4. The van der Waals surface area contributed by atoms with E-state index in [1.807, 2.05) is 0 Å². The largest absolute Gasteiger partial charge is 0.464 e. The maximum absolute atomic E-state index is 14.4. The Morgan fingerprint density at radius 1 is 1.31 bits per heavy atom. The molecule has 0 amide bonds. The molecule has 0 fully saturated rings. The number of methoxy groups -OCH3 is 1. The van der Waals surface area contributed by atoms with Crippen molar-refractivity contribution >= 4 is 44.4 Å². The second kappa shape index (κ2) is 8.06. The minimum absolute atomic E-state index is 0.122. The van der Waals surface area contributed by atoms with E-state index in [0.717, 1.165) is 19.2 Å². The van der Waals surface area contributed by atoms with Crippen LogP contribution >= 0.6 is 27.5 Å². The van der Waals surface area contributed by atoms with E-state index >= 15 is 0 Å². The predicted octanol–water partition coefficient (Wildman–Crippen LogP) is 4.42.